The average molecular weight is 307 g/mol. The fourth-order valence-electron chi connectivity index (χ4n) is 2.83. The van der Waals surface area contributed by atoms with E-state index in [0.29, 0.717) is 0 Å². The van der Waals surface area contributed by atoms with Gasteiger partial charge < -0.3 is 0 Å². The summed E-state index contributed by atoms with van der Waals surface area (Å²) >= 11 is 0. The first-order valence-corrected chi connectivity index (χ1v) is 8.02. The molecular formula is C20H34S. The van der Waals surface area contributed by atoms with Gasteiger partial charge in [0.15, 0.2) is 0 Å². The minimum absolute atomic E-state index is 0. The molecule has 0 nitrogen and oxygen atoms in total. The Bertz CT molecular complexity index is 372. The number of hydrogen-bond donors (Lipinski definition) is 0. The molecule has 0 bridgehead atoms. The molecule has 2 aliphatic carbocycles. The van der Waals surface area contributed by atoms with Crippen LogP contribution in [0.25, 0.3) is 0 Å². The summed E-state index contributed by atoms with van der Waals surface area (Å²) in [6.45, 7) is 16.7. The molecule has 0 fully saturated rings. The van der Waals surface area contributed by atoms with E-state index in [-0.39, 0.29) is 13.5 Å². The fraction of sp³-hybridized carbons (Fsp3) is 0.600. The molecule has 0 spiro atoms. The van der Waals surface area contributed by atoms with Crippen molar-refractivity contribution in [2.45, 2.75) is 66.2 Å². The molecule has 2 rings (SSSR count). The lowest BCUT2D eigenvalue weighted by atomic mass is 9.86. The van der Waals surface area contributed by atoms with Crippen LogP contribution in [0.15, 0.2) is 47.6 Å². The Hall–Kier alpha value is -0.690. The largest absolute Gasteiger partial charge is 0.197 e. The van der Waals surface area contributed by atoms with Gasteiger partial charge in [-0.3, -0.25) is 0 Å². The second kappa shape index (κ2) is 10.1. The highest BCUT2D eigenvalue weighted by molar-refractivity contribution is 7.59. The maximum absolute atomic E-state index is 3.97. The van der Waals surface area contributed by atoms with E-state index in [9.17, 15) is 0 Å². The van der Waals surface area contributed by atoms with E-state index in [0.717, 1.165) is 11.8 Å². The Labute approximate surface area is 139 Å². The van der Waals surface area contributed by atoms with E-state index in [1.54, 1.807) is 11.1 Å². The molecule has 2 aliphatic rings. The zero-order valence-corrected chi connectivity index (χ0v) is 15.5. The van der Waals surface area contributed by atoms with Crippen molar-refractivity contribution >= 4 is 13.5 Å². The van der Waals surface area contributed by atoms with Crippen LogP contribution in [-0.4, -0.2) is 0 Å². The van der Waals surface area contributed by atoms with Gasteiger partial charge in [-0.05, 0) is 78.1 Å². The summed E-state index contributed by atoms with van der Waals surface area (Å²) in [5.74, 6) is 1.53. The second-order valence-electron chi connectivity index (χ2n) is 6.74. The van der Waals surface area contributed by atoms with Gasteiger partial charge in [0.1, 0.15) is 0 Å². The van der Waals surface area contributed by atoms with Gasteiger partial charge in [-0.1, -0.05) is 47.6 Å². The first-order valence-electron chi connectivity index (χ1n) is 8.02. The van der Waals surface area contributed by atoms with Crippen LogP contribution in [0.4, 0.5) is 0 Å². The summed E-state index contributed by atoms with van der Waals surface area (Å²) < 4.78 is 0. The minimum Gasteiger partial charge on any atom is -0.197 e. The highest BCUT2D eigenvalue weighted by Gasteiger charge is 2.12. The summed E-state index contributed by atoms with van der Waals surface area (Å²) in [5, 5.41) is 0. The molecule has 21 heavy (non-hydrogen) atoms. The van der Waals surface area contributed by atoms with Gasteiger partial charge in [-0.25, -0.2) is 0 Å². The molecular weight excluding hydrogens is 272 g/mol. The highest BCUT2D eigenvalue weighted by Crippen LogP contribution is 2.28. The van der Waals surface area contributed by atoms with E-state index >= 15 is 0 Å². The second-order valence-corrected chi connectivity index (χ2v) is 6.74. The van der Waals surface area contributed by atoms with Crippen molar-refractivity contribution in [2.75, 3.05) is 0 Å². The van der Waals surface area contributed by atoms with Crippen molar-refractivity contribution in [2.24, 2.45) is 11.8 Å². The minimum atomic E-state index is 0. The third-order valence-corrected chi connectivity index (χ3v) is 4.67. The van der Waals surface area contributed by atoms with Crippen molar-refractivity contribution in [3.8, 4) is 0 Å². The maximum atomic E-state index is 3.97. The van der Waals surface area contributed by atoms with Crippen LogP contribution in [0.1, 0.15) is 66.2 Å². The van der Waals surface area contributed by atoms with Crippen LogP contribution in [0.3, 0.4) is 0 Å². The summed E-state index contributed by atoms with van der Waals surface area (Å²) in [4.78, 5) is 0. The molecule has 0 heterocycles. The summed E-state index contributed by atoms with van der Waals surface area (Å²) in [5.41, 5.74) is 5.81. The third kappa shape index (κ3) is 7.76. The molecule has 0 aromatic rings. The van der Waals surface area contributed by atoms with Crippen LogP contribution in [0.2, 0.25) is 0 Å². The standard InChI is InChI=1S/2C10H16.H2S/c2*1-8(2)10-6-4-9(3)5-7-10;/h2*4,10H,1,5-7H2,2-3H3;1H2. The van der Waals surface area contributed by atoms with E-state index in [1.165, 1.54) is 49.7 Å². The predicted octanol–water partition coefficient (Wildman–Crippen LogP) is 6.73. The van der Waals surface area contributed by atoms with E-state index in [2.05, 4.69) is 53.0 Å². The van der Waals surface area contributed by atoms with Gasteiger partial charge in [0, 0.05) is 0 Å². The van der Waals surface area contributed by atoms with Gasteiger partial charge in [-0.2, -0.15) is 13.5 Å². The Morgan fingerprint density at radius 3 is 1.38 bits per heavy atom. The molecule has 0 saturated heterocycles. The number of allylic oxidation sites excluding steroid dienone is 6. The highest BCUT2D eigenvalue weighted by atomic mass is 32.1. The van der Waals surface area contributed by atoms with Crippen molar-refractivity contribution in [3.63, 3.8) is 0 Å². The molecule has 0 amide bonds. The van der Waals surface area contributed by atoms with Gasteiger partial charge in [-0.15, -0.1) is 0 Å². The zero-order valence-electron chi connectivity index (χ0n) is 14.5. The first-order chi connectivity index (χ1) is 9.40. The van der Waals surface area contributed by atoms with E-state index < -0.39 is 0 Å². The maximum Gasteiger partial charge on any atom is -0.0171 e. The molecule has 1 heteroatoms. The Morgan fingerprint density at radius 1 is 0.857 bits per heavy atom. The van der Waals surface area contributed by atoms with Crippen LogP contribution in [-0.2, 0) is 0 Å². The van der Waals surface area contributed by atoms with Crippen LogP contribution in [0.5, 0.6) is 0 Å². The third-order valence-electron chi connectivity index (χ3n) is 4.67. The molecule has 0 N–H and O–H groups in total. The lowest BCUT2D eigenvalue weighted by Crippen LogP contribution is -2.04. The van der Waals surface area contributed by atoms with Crippen molar-refractivity contribution < 1.29 is 0 Å². The smallest absolute Gasteiger partial charge is 0.0171 e. The molecule has 0 radical (unpaired) electrons. The van der Waals surface area contributed by atoms with Crippen LogP contribution >= 0.6 is 13.5 Å². The molecule has 0 saturated carbocycles. The molecule has 0 aromatic carbocycles. The number of hydrogen-bond acceptors (Lipinski definition) is 0. The average Bonchev–Trinajstić information content (AvgIpc) is 2.40. The van der Waals surface area contributed by atoms with Gasteiger partial charge in [0.2, 0.25) is 0 Å². The summed E-state index contributed by atoms with van der Waals surface area (Å²) in [6, 6.07) is 0. The Morgan fingerprint density at radius 2 is 1.19 bits per heavy atom. The van der Waals surface area contributed by atoms with E-state index in [4.69, 9.17) is 0 Å². The zero-order chi connectivity index (χ0) is 15.1. The topological polar surface area (TPSA) is 0 Å². The fourth-order valence-corrected chi connectivity index (χ4v) is 2.83. The molecule has 120 valence electrons. The van der Waals surface area contributed by atoms with Crippen LogP contribution in [0, 0.1) is 11.8 Å². The van der Waals surface area contributed by atoms with Gasteiger partial charge in [0.05, 0.1) is 0 Å². The van der Waals surface area contributed by atoms with Crippen LogP contribution < -0.4 is 0 Å². The Balaban J connectivity index is 0.000000364. The molecule has 0 aliphatic heterocycles. The monoisotopic (exact) mass is 306 g/mol. The molecule has 2 unspecified atom stereocenters. The first kappa shape index (κ1) is 20.3. The van der Waals surface area contributed by atoms with Gasteiger partial charge >= 0.3 is 0 Å². The predicted molar refractivity (Wildman–Crippen MR) is 102 cm³/mol. The van der Waals surface area contributed by atoms with Crippen molar-refractivity contribution in [3.05, 3.63) is 47.6 Å². The van der Waals surface area contributed by atoms with Gasteiger partial charge in [0.25, 0.3) is 0 Å². The molecule has 2 atom stereocenters. The SMILES string of the molecule is C=C(C)C1CC=C(C)CC1.C=C(C)C1CC=C(C)CC1.S. The summed E-state index contributed by atoms with van der Waals surface area (Å²) in [6.07, 6.45) is 12.3. The van der Waals surface area contributed by atoms with Crippen molar-refractivity contribution in [1.29, 1.82) is 0 Å². The molecule has 0 aromatic heterocycles. The van der Waals surface area contributed by atoms with E-state index in [1.807, 2.05) is 0 Å². The quantitative estimate of drug-likeness (QED) is 0.496. The number of rotatable bonds is 2. The summed E-state index contributed by atoms with van der Waals surface area (Å²) in [7, 11) is 0. The lowest BCUT2D eigenvalue weighted by molar-refractivity contribution is 0.540. The lowest BCUT2D eigenvalue weighted by Gasteiger charge is -2.19. The normalized spacial score (nSPS) is 24.6. The van der Waals surface area contributed by atoms with Crippen molar-refractivity contribution in [1.82, 2.24) is 0 Å². The Kier molecular flexibility index (Phi) is 9.77.